The third-order valence-corrected chi connectivity index (χ3v) is 6.24. The molecule has 1 heterocycles. The van der Waals surface area contributed by atoms with E-state index in [1.807, 2.05) is 12.1 Å². The Morgan fingerprint density at radius 1 is 0.939 bits per heavy atom. The van der Waals surface area contributed by atoms with Crippen molar-refractivity contribution in [2.24, 2.45) is 11.8 Å². The van der Waals surface area contributed by atoms with Crippen molar-refractivity contribution in [1.29, 1.82) is 0 Å². The lowest BCUT2D eigenvalue weighted by Gasteiger charge is -2.28. The van der Waals surface area contributed by atoms with Crippen LogP contribution in [0.15, 0.2) is 72.8 Å². The summed E-state index contributed by atoms with van der Waals surface area (Å²) in [5.74, 6) is -3.29. The first-order valence-corrected chi connectivity index (χ1v) is 10.9. The van der Waals surface area contributed by atoms with E-state index < -0.39 is 41.2 Å². The Kier molecular flexibility index (Phi) is 6.26. The molecule has 0 radical (unpaired) electrons. The molecule has 8 heteroatoms. The highest BCUT2D eigenvalue weighted by Gasteiger charge is 2.53. The number of benzene rings is 2. The van der Waals surface area contributed by atoms with E-state index in [1.165, 1.54) is 0 Å². The van der Waals surface area contributed by atoms with Crippen LogP contribution in [-0.2, 0) is 19.9 Å². The number of nitrogens with one attached hydrogen (secondary N) is 2. The van der Waals surface area contributed by atoms with Crippen LogP contribution in [0.3, 0.4) is 0 Å². The van der Waals surface area contributed by atoms with E-state index in [2.05, 4.69) is 10.6 Å². The minimum atomic E-state index is -1.35. The molecule has 2 aliphatic rings. The summed E-state index contributed by atoms with van der Waals surface area (Å²) < 4.78 is 0. The molecule has 170 valence electrons. The summed E-state index contributed by atoms with van der Waals surface area (Å²) in [7, 11) is 0. The van der Waals surface area contributed by atoms with E-state index in [-0.39, 0.29) is 13.1 Å². The maximum absolute atomic E-state index is 13.6. The van der Waals surface area contributed by atoms with Crippen LogP contribution < -0.4 is 10.6 Å². The number of carboxylic acids is 1. The second-order valence-electron chi connectivity index (χ2n) is 8.15. The number of urea groups is 1. The SMILES string of the molecule is O=C(O)C1CC=CCC1C(=O)NCCN1C(=O)NC(c2ccccc2)(c2ccccc2)C1=O. The lowest BCUT2D eigenvalue weighted by Crippen LogP contribution is -2.46. The van der Waals surface area contributed by atoms with Gasteiger partial charge in [-0.15, -0.1) is 0 Å². The van der Waals surface area contributed by atoms with Gasteiger partial charge in [0, 0.05) is 13.1 Å². The number of aliphatic carboxylic acids is 1. The molecule has 4 rings (SSSR count). The van der Waals surface area contributed by atoms with Crippen molar-refractivity contribution < 1.29 is 24.3 Å². The Balaban J connectivity index is 1.50. The zero-order valence-corrected chi connectivity index (χ0v) is 17.9. The Morgan fingerprint density at radius 3 is 2.03 bits per heavy atom. The van der Waals surface area contributed by atoms with Crippen LogP contribution in [0.25, 0.3) is 0 Å². The van der Waals surface area contributed by atoms with Crippen molar-refractivity contribution in [2.45, 2.75) is 18.4 Å². The fraction of sp³-hybridized carbons (Fsp3) is 0.280. The molecule has 1 fully saturated rings. The quantitative estimate of drug-likeness (QED) is 0.445. The van der Waals surface area contributed by atoms with Gasteiger partial charge in [0.15, 0.2) is 5.54 Å². The molecular formula is C25H25N3O5. The lowest BCUT2D eigenvalue weighted by atomic mass is 9.82. The van der Waals surface area contributed by atoms with E-state index in [9.17, 15) is 24.3 Å². The van der Waals surface area contributed by atoms with Gasteiger partial charge in [0.2, 0.25) is 5.91 Å². The van der Waals surface area contributed by atoms with Gasteiger partial charge in [0.25, 0.3) is 5.91 Å². The van der Waals surface area contributed by atoms with Gasteiger partial charge < -0.3 is 15.7 Å². The molecular weight excluding hydrogens is 422 g/mol. The molecule has 0 bridgehead atoms. The Labute approximate surface area is 191 Å². The minimum absolute atomic E-state index is 0.0296. The van der Waals surface area contributed by atoms with Crippen LogP contribution in [0.1, 0.15) is 24.0 Å². The lowest BCUT2D eigenvalue weighted by molar-refractivity contribution is -0.147. The molecule has 1 aliphatic carbocycles. The Morgan fingerprint density at radius 2 is 1.48 bits per heavy atom. The first kappa shape index (κ1) is 22.3. The number of imide groups is 1. The number of carbonyl (C=O) groups excluding carboxylic acids is 3. The van der Waals surface area contributed by atoms with Crippen LogP contribution in [-0.4, -0.2) is 46.9 Å². The highest BCUT2D eigenvalue weighted by molar-refractivity contribution is 6.09. The largest absolute Gasteiger partial charge is 0.481 e. The fourth-order valence-electron chi connectivity index (χ4n) is 4.51. The molecule has 2 atom stereocenters. The molecule has 1 saturated heterocycles. The molecule has 0 spiro atoms. The number of amides is 4. The average Bonchev–Trinajstić information content (AvgIpc) is 3.10. The predicted octanol–water partition coefficient (Wildman–Crippen LogP) is 2.27. The zero-order valence-electron chi connectivity index (χ0n) is 17.9. The number of rotatable bonds is 7. The van der Waals surface area contributed by atoms with Crippen molar-refractivity contribution in [3.63, 3.8) is 0 Å². The summed E-state index contributed by atoms with van der Waals surface area (Å²) in [5.41, 5.74) is -0.0784. The number of allylic oxidation sites excluding steroid dienone is 2. The van der Waals surface area contributed by atoms with E-state index in [4.69, 9.17) is 0 Å². The van der Waals surface area contributed by atoms with Crippen LogP contribution in [0.2, 0.25) is 0 Å². The van der Waals surface area contributed by atoms with E-state index >= 15 is 0 Å². The molecule has 0 saturated carbocycles. The highest BCUT2D eigenvalue weighted by Crippen LogP contribution is 2.35. The highest BCUT2D eigenvalue weighted by atomic mass is 16.4. The van der Waals surface area contributed by atoms with Gasteiger partial charge in [-0.05, 0) is 24.0 Å². The summed E-state index contributed by atoms with van der Waals surface area (Å²) in [6, 6.07) is 17.5. The van der Waals surface area contributed by atoms with Gasteiger partial charge in [-0.1, -0.05) is 72.8 Å². The van der Waals surface area contributed by atoms with Crippen LogP contribution in [0.4, 0.5) is 4.79 Å². The summed E-state index contributed by atoms with van der Waals surface area (Å²) >= 11 is 0. The van der Waals surface area contributed by atoms with Crippen molar-refractivity contribution in [2.75, 3.05) is 13.1 Å². The van der Waals surface area contributed by atoms with Gasteiger partial charge in [-0.3, -0.25) is 19.3 Å². The van der Waals surface area contributed by atoms with Crippen molar-refractivity contribution in [3.05, 3.63) is 83.9 Å². The standard InChI is InChI=1S/C25H25N3O5/c29-21(19-13-7-8-14-20(19)22(30)31)26-15-16-28-23(32)25(27-24(28)33,17-9-3-1-4-10-17)18-11-5-2-6-12-18/h1-12,19-20H,13-16H2,(H,26,29)(H,27,33)(H,30,31). The molecule has 3 N–H and O–H groups in total. The minimum Gasteiger partial charge on any atom is -0.481 e. The molecule has 2 unspecified atom stereocenters. The Hall–Kier alpha value is -3.94. The van der Waals surface area contributed by atoms with Crippen LogP contribution in [0.5, 0.6) is 0 Å². The second kappa shape index (κ2) is 9.28. The average molecular weight is 447 g/mol. The summed E-state index contributed by atoms with van der Waals surface area (Å²) in [6.45, 7) is 0.00231. The monoisotopic (exact) mass is 447 g/mol. The maximum atomic E-state index is 13.6. The van der Waals surface area contributed by atoms with E-state index in [0.29, 0.717) is 24.0 Å². The van der Waals surface area contributed by atoms with Crippen molar-refractivity contribution in [1.82, 2.24) is 15.5 Å². The van der Waals surface area contributed by atoms with Crippen LogP contribution in [0, 0.1) is 11.8 Å². The van der Waals surface area contributed by atoms with E-state index in [1.54, 1.807) is 60.7 Å². The molecule has 0 aromatic heterocycles. The number of hydrogen-bond acceptors (Lipinski definition) is 4. The summed E-state index contributed by atoms with van der Waals surface area (Å²) in [5, 5.41) is 14.9. The predicted molar refractivity (Wildman–Crippen MR) is 120 cm³/mol. The number of carbonyl (C=O) groups is 4. The number of nitrogens with zero attached hydrogens (tertiary/aromatic N) is 1. The number of hydrogen-bond donors (Lipinski definition) is 3. The van der Waals surface area contributed by atoms with Gasteiger partial charge >= 0.3 is 12.0 Å². The fourth-order valence-corrected chi connectivity index (χ4v) is 4.51. The second-order valence-corrected chi connectivity index (χ2v) is 8.15. The van der Waals surface area contributed by atoms with Crippen molar-refractivity contribution >= 4 is 23.8 Å². The van der Waals surface area contributed by atoms with E-state index in [0.717, 1.165) is 4.90 Å². The molecule has 8 nitrogen and oxygen atoms in total. The molecule has 1 aliphatic heterocycles. The summed E-state index contributed by atoms with van der Waals surface area (Å²) in [4.78, 5) is 51.6. The molecule has 33 heavy (non-hydrogen) atoms. The first-order chi connectivity index (χ1) is 15.9. The third-order valence-electron chi connectivity index (χ3n) is 6.24. The van der Waals surface area contributed by atoms with Gasteiger partial charge in [0.05, 0.1) is 11.8 Å². The summed E-state index contributed by atoms with van der Waals surface area (Å²) in [6.07, 6.45) is 4.21. The zero-order chi connectivity index (χ0) is 23.4. The smallest absolute Gasteiger partial charge is 0.325 e. The van der Waals surface area contributed by atoms with Gasteiger partial charge in [0.1, 0.15) is 0 Å². The van der Waals surface area contributed by atoms with Gasteiger partial charge in [-0.2, -0.15) is 0 Å². The molecule has 2 aromatic rings. The maximum Gasteiger partial charge on any atom is 0.325 e. The topological polar surface area (TPSA) is 116 Å². The van der Waals surface area contributed by atoms with Gasteiger partial charge in [-0.25, -0.2) is 4.79 Å². The Bertz CT molecular complexity index is 1040. The van der Waals surface area contributed by atoms with Crippen LogP contribution >= 0.6 is 0 Å². The third kappa shape index (κ3) is 4.11. The van der Waals surface area contributed by atoms with Crippen molar-refractivity contribution in [3.8, 4) is 0 Å². The first-order valence-electron chi connectivity index (χ1n) is 10.9. The normalized spacial score (nSPS) is 21.5. The molecule has 2 aromatic carbocycles. The number of carboxylic acid groups (broad SMARTS) is 1. The molecule has 4 amide bonds.